The summed E-state index contributed by atoms with van der Waals surface area (Å²) < 4.78 is 43.1. The fourth-order valence-electron chi connectivity index (χ4n) is 2.42. The van der Waals surface area contributed by atoms with Crippen molar-refractivity contribution in [1.29, 1.82) is 0 Å². The van der Waals surface area contributed by atoms with E-state index in [4.69, 9.17) is 4.52 Å². The lowest BCUT2D eigenvalue weighted by molar-refractivity contribution is -0.187. The monoisotopic (exact) mass is 262 g/mol. The van der Waals surface area contributed by atoms with Crippen LogP contribution in [0, 0.1) is 19.8 Å². The van der Waals surface area contributed by atoms with Gasteiger partial charge >= 0.3 is 6.18 Å². The second kappa shape index (κ2) is 4.91. The molecule has 102 valence electrons. The van der Waals surface area contributed by atoms with Crippen LogP contribution in [-0.2, 0) is 6.54 Å². The molecule has 3 nitrogen and oxygen atoms in total. The minimum Gasteiger partial charge on any atom is -0.361 e. The van der Waals surface area contributed by atoms with Gasteiger partial charge in [-0.3, -0.25) is 4.90 Å². The topological polar surface area (TPSA) is 29.3 Å². The van der Waals surface area contributed by atoms with Gasteiger partial charge in [-0.2, -0.15) is 13.2 Å². The fourth-order valence-corrected chi connectivity index (χ4v) is 2.42. The summed E-state index contributed by atoms with van der Waals surface area (Å²) in [7, 11) is 0. The molecule has 1 unspecified atom stereocenters. The van der Waals surface area contributed by atoms with Gasteiger partial charge in [0.2, 0.25) is 0 Å². The smallest absolute Gasteiger partial charge is 0.361 e. The highest BCUT2D eigenvalue weighted by atomic mass is 19.4. The summed E-state index contributed by atoms with van der Waals surface area (Å²) in [5, 5.41) is 3.83. The zero-order valence-electron chi connectivity index (χ0n) is 10.5. The molecular weight excluding hydrogens is 245 g/mol. The van der Waals surface area contributed by atoms with E-state index >= 15 is 0 Å². The van der Waals surface area contributed by atoms with E-state index in [1.165, 1.54) is 0 Å². The average molecular weight is 262 g/mol. The molecule has 1 aliphatic heterocycles. The number of hydrogen-bond acceptors (Lipinski definition) is 3. The average Bonchev–Trinajstić information content (AvgIpc) is 2.60. The van der Waals surface area contributed by atoms with Crippen LogP contribution >= 0.6 is 0 Å². The van der Waals surface area contributed by atoms with Crippen molar-refractivity contribution in [2.45, 2.75) is 39.4 Å². The third kappa shape index (κ3) is 2.85. The van der Waals surface area contributed by atoms with Crippen molar-refractivity contribution in [2.75, 3.05) is 13.1 Å². The molecule has 6 heteroatoms. The molecule has 1 aliphatic rings. The van der Waals surface area contributed by atoms with Crippen LogP contribution in [0.4, 0.5) is 13.2 Å². The molecule has 0 saturated carbocycles. The van der Waals surface area contributed by atoms with E-state index in [1.54, 1.807) is 6.92 Å². The highest BCUT2D eigenvalue weighted by molar-refractivity contribution is 5.20. The summed E-state index contributed by atoms with van der Waals surface area (Å²) in [4.78, 5) is 1.84. The molecule has 0 bridgehead atoms. The van der Waals surface area contributed by atoms with Crippen molar-refractivity contribution in [3.8, 4) is 0 Å². The van der Waals surface area contributed by atoms with Crippen LogP contribution < -0.4 is 0 Å². The van der Waals surface area contributed by atoms with Crippen LogP contribution in [0.2, 0.25) is 0 Å². The summed E-state index contributed by atoms with van der Waals surface area (Å²) in [5.41, 5.74) is 1.68. The van der Waals surface area contributed by atoms with E-state index in [0.29, 0.717) is 25.3 Å². The largest absolute Gasteiger partial charge is 0.393 e. The van der Waals surface area contributed by atoms with Gasteiger partial charge in [0.15, 0.2) is 0 Å². The Bertz CT molecular complexity index is 394. The number of likely N-dealkylation sites (tertiary alicyclic amines) is 1. The van der Waals surface area contributed by atoms with Crippen molar-refractivity contribution in [2.24, 2.45) is 5.92 Å². The van der Waals surface area contributed by atoms with Gasteiger partial charge < -0.3 is 4.52 Å². The molecule has 1 saturated heterocycles. The van der Waals surface area contributed by atoms with Crippen molar-refractivity contribution < 1.29 is 17.7 Å². The van der Waals surface area contributed by atoms with Gasteiger partial charge in [-0.15, -0.1) is 0 Å². The molecule has 0 aromatic carbocycles. The molecular formula is C12H17F3N2O. The Morgan fingerprint density at radius 3 is 2.67 bits per heavy atom. The molecule has 0 radical (unpaired) electrons. The number of alkyl halides is 3. The summed E-state index contributed by atoms with van der Waals surface area (Å²) in [6.07, 6.45) is -3.26. The number of aromatic nitrogens is 1. The first-order valence-corrected chi connectivity index (χ1v) is 6.08. The quantitative estimate of drug-likeness (QED) is 0.820. The van der Waals surface area contributed by atoms with Crippen LogP contribution in [0.3, 0.4) is 0 Å². The predicted molar refractivity (Wildman–Crippen MR) is 60.0 cm³/mol. The lowest BCUT2D eigenvalue weighted by Crippen LogP contribution is -2.41. The number of aryl methyl sites for hydroxylation is 2. The highest BCUT2D eigenvalue weighted by Crippen LogP contribution is 2.33. The van der Waals surface area contributed by atoms with E-state index in [2.05, 4.69) is 5.16 Å². The maximum atomic E-state index is 12.7. The van der Waals surface area contributed by atoms with Crippen LogP contribution in [0.5, 0.6) is 0 Å². The lowest BCUT2D eigenvalue weighted by Gasteiger charge is -2.33. The Labute approximate surface area is 104 Å². The van der Waals surface area contributed by atoms with Gasteiger partial charge in [0, 0.05) is 18.7 Å². The first-order valence-electron chi connectivity index (χ1n) is 6.08. The minimum atomic E-state index is -4.09. The minimum absolute atomic E-state index is 0.0769. The third-order valence-electron chi connectivity index (χ3n) is 3.53. The van der Waals surface area contributed by atoms with Crippen LogP contribution in [0.1, 0.15) is 29.9 Å². The Morgan fingerprint density at radius 1 is 1.39 bits per heavy atom. The van der Waals surface area contributed by atoms with Gasteiger partial charge in [-0.1, -0.05) is 5.16 Å². The van der Waals surface area contributed by atoms with E-state index in [9.17, 15) is 13.2 Å². The van der Waals surface area contributed by atoms with E-state index in [1.807, 2.05) is 11.8 Å². The summed E-state index contributed by atoms with van der Waals surface area (Å²) >= 11 is 0. The first kappa shape index (κ1) is 13.4. The number of rotatable bonds is 2. The summed E-state index contributed by atoms with van der Waals surface area (Å²) in [6.45, 7) is 4.88. The summed E-state index contributed by atoms with van der Waals surface area (Å²) in [6, 6.07) is 0. The van der Waals surface area contributed by atoms with Crippen LogP contribution in [-0.4, -0.2) is 29.3 Å². The standard InChI is InChI=1S/C12H17F3N2O/c1-8-11(9(2)18-16-8)7-17-5-3-4-10(6-17)12(13,14)15/h10H,3-7H2,1-2H3. The number of nitrogens with zero attached hydrogens (tertiary/aromatic N) is 2. The predicted octanol–water partition coefficient (Wildman–Crippen LogP) is 3.07. The van der Waals surface area contributed by atoms with Gasteiger partial charge in [0.1, 0.15) is 5.76 Å². The zero-order valence-corrected chi connectivity index (χ0v) is 10.5. The highest BCUT2D eigenvalue weighted by Gasteiger charge is 2.41. The van der Waals surface area contributed by atoms with Crippen LogP contribution in [0.15, 0.2) is 4.52 Å². The molecule has 0 spiro atoms. The zero-order chi connectivity index (χ0) is 13.3. The molecule has 0 aliphatic carbocycles. The van der Waals surface area contributed by atoms with Gasteiger partial charge in [-0.05, 0) is 33.2 Å². The molecule has 0 amide bonds. The first-order chi connectivity index (χ1) is 8.38. The molecule has 1 atom stereocenters. The Morgan fingerprint density at radius 2 is 2.11 bits per heavy atom. The van der Waals surface area contributed by atoms with Crippen molar-refractivity contribution in [3.05, 3.63) is 17.0 Å². The second-order valence-corrected chi connectivity index (χ2v) is 4.92. The van der Waals surface area contributed by atoms with Crippen molar-refractivity contribution in [3.63, 3.8) is 0 Å². The maximum absolute atomic E-state index is 12.7. The molecule has 0 N–H and O–H groups in total. The Hall–Kier alpha value is -1.04. The number of halogens is 3. The summed E-state index contributed by atoms with van der Waals surface area (Å²) in [5.74, 6) is -0.506. The van der Waals surface area contributed by atoms with Crippen LogP contribution in [0.25, 0.3) is 0 Å². The second-order valence-electron chi connectivity index (χ2n) is 4.92. The SMILES string of the molecule is Cc1noc(C)c1CN1CCCC(C(F)(F)F)C1. The van der Waals surface area contributed by atoms with E-state index < -0.39 is 12.1 Å². The third-order valence-corrected chi connectivity index (χ3v) is 3.53. The van der Waals surface area contributed by atoms with Crippen molar-refractivity contribution >= 4 is 0 Å². The van der Waals surface area contributed by atoms with E-state index in [0.717, 1.165) is 11.3 Å². The molecule has 1 fully saturated rings. The Balaban J connectivity index is 2.02. The number of hydrogen-bond donors (Lipinski definition) is 0. The van der Waals surface area contributed by atoms with Crippen molar-refractivity contribution in [1.82, 2.24) is 10.1 Å². The van der Waals surface area contributed by atoms with E-state index in [-0.39, 0.29) is 13.0 Å². The molecule has 2 rings (SSSR count). The Kier molecular flexibility index (Phi) is 3.66. The molecule has 2 heterocycles. The lowest BCUT2D eigenvalue weighted by atomic mass is 9.97. The molecule has 1 aromatic heterocycles. The number of piperidine rings is 1. The molecule has 1 aromatic rings. The molecule has 18 heavy (non-hydrogen) atoms. The maximum Gasteiger partial charge on any atom is 0.393 e. The van der Waals surface area contributed by atoms with Gasteiger partial charge in [0.25, 0.3) is 0 Å². The van der Waals surface area contributed by atoms with Gasteiger partial charge in [-0.25, -0.2) is 0 Å². The normalized spacial score (nSPS) is 22.4. The van der Waals surface area contributed by atoms with Gasteiger partial charge in [0.05, 0.1) is 11.6 Å². The fraction of sp³-hybridized carbons (Fsp3) is 0.750.